The van der Waals surface area contributed by atoms with Crippen molar-refractivity contribution in [2.75, 3.05) is 0 Å². The average Bonchev–Trinajstić information content (AvgIpc) is 2.69. The van der Waals surface area contributed by atoms with Gasteiger partial charge in [-0.1, -0.05) is 24.3 Å². The molecule has 0 saturated heterocycles. The molecular formula is C13H15NO. The molecule has 0 bridgehead atoms. The van der Waals surface area contributed by atoms with Crippen LogP contribution in [0.15, 0.2) is 47.6 Å². The minimum Gasteiger partial charge on any atom is -0.464 e. The van der Waals surface area contributed by atoms with Gasteiger partial charge in [0.15, 0.2) is 0 Å². The molecule has 78 valence electrons. The summed E-state index contributed by atoms with van der Waals surface area (Å²) >= 11 is 0. The second kappa shape index (κ2) is 4.32. The van der Waals surface area contributed by atoms with Gasteiger partial charge in [-0.15, -0.1) is 6.58 Å². The fourth-order valence-electron chi connectivity index (χ4n) is 1.74. The van der Waals surface area contributed by atoms with Gasteiger partial charge in [0.1, 0.15) is 5.58 Å². The van der Waals surface area contributed by atoms with Crippen LogP contribution in [0.2, 0.25) is 0 Å². The molecule has 0 fully saturated rings. The van der Waals surface area contributed by atoms with E-state index in [9.17, 15) is 0 Å². The number of hydrogen-bond donors (Lipinski definition) is 1. The van der Waals surface area contributed by atoms with Gasteiger partial charge >= 0.3 is 0 Å². The largest absolute Gasteiger partial charge is 0.464 e. The van der Waals surface area contributed by atoms with Gasteiger partial charge in [-0.3, -0.25) is 0 Å². The van der Waals surface area contributed by atoms with Gasteiger partial charge in [-0.2, -0.15) is 0 Å². The molecule has 2 N–H and O–H groups in total. The van der Waals surface area contributed by atoms with Crippen LogP contribution in [-0.2, 0) is 0 Å². The van der Waals surface area contributed by atoms with Crippen LogP contribution in [0.4, 0.5) is 0 Å². The zero-order valence-electron chi connectivity index (χ0n) is 8.65. The molecule has 0 saturated carbocycles. The number of para-hydroxylation sites is 1. The Morgan fingerprint density at radius 1 is 1.40 bits per heavy atom. The summed E-state index contributed by atoms with van der Waals surface area (Å²) in [6, 6.07) is 8.00. The number of hydrogen-bond acceptors (Lipinski definition) is 2. The first-order chi connectivity index (χ1) is 7.33. The number of allylic oxidation sites excluding steroid dienone is 1. The molecule has 1 unspecified atom stereocenters. The molecule has 2 rings (SSSR count). The van der Waals surface area contributed by atoms with Crippen molar-refractivity contribution in [3.8, 4) is 0 Å². The van der Waals surface area contributed by atoms with E-state index >= 15 is 0 Å². The van der Waals surface area contributed by atoms with Gasteiger partial charge in [-0.25, -0.2) is 0 Å². The lowest BCUT2D eigenvalue weighted by molar-refractivity contribution is 0.591. The molecule has 2 heteroatoms. The van der Waals surface area contributed by atoms with Gasteiger partial charge in [0.05, 0.1) is 6.26 Å². The van der Waals surface area contributed by atoms with Gasteiger partial charge in [0, 0.05) is 17.0 Å². The van der Waals surface area contributed by atoms with Crippen molar-refractivity contribution < 1.29 is 4.42 Å². The Morgan fingerprint density at radius 3 is 3.00 bits per heavy atom. The number of benzene rings is 1. The van der Waals surface area contributed by atoms with Crippen molar-refractivity contribution in [3.05, 3.63) is 48.7 Å². The lowest BCUT2D eigenvalue weighted by Crippen LogP contribution is -2.08. The monoisotopic (exact) mass is 201 g/mol. The van der Waals surface area contributed by atoms with E-state index in [-0.39, 0.29) is 6.04 Å². The van der Waals surface area contributed by atoms with E-state index < -0.39 is 0 Å². The topological polar surface area (TPSA) is 39.2 Å². The van der Waals surface area contributed by atoms with Crippen molar-refractivity contribution in [1.82, 2.24) is 0 Å². The van der Waals surface area contributed by atoms with Crippen molar-refractivity contribution in [1.29, 1.82) is 0 Å². The molecule has 0 spiro atoms. The van der Waals surface area contributed by atoms with E-state index in [2.05, 4.69) is 6.58 Å². The summed E-state index contributed by atoms with van der Waals surface area (Å²) < 4.78 is 5.44. The quantitative estimate of drug-likeness (QED) is 0.770. The Morgan fingerprint density at radius 2 is 2.20 bits per heavy atom. The molecule has 2 aromatic rings. The van der Waals surface area contributed by atoms with E-state index in [1.165, 1.54) is 0 Å². The van der Waals surface area contributed by atoms with E-state index in [4.69, 9.17) is 10.2 Å². The molecule has 2 nitrogen and oxygen atoms in total. The highest BCUT2D eigenvalue weighted by Crippen LogP contribution is 2.27. The van der Waals surface area contributed by atoms with Crippen molar-refractivity contribution in [3.63, 3.8) is 0 Å². The predicted octanol–water partition coefficient (Wildman–Crippen LogP) is 3.40. The Balaban J connectivity index is 2.30. The van der Waals surface area contributed by atoms with Crippen molar-refractivity contribution in [2.45, 2.75) is 18.9 Å². The van der Waals surface area contributed by atoms with Gasteiger partial charge in [0.25, 0.3) is 0 Å². The Hall–Kier alpha value is -1.54. The van der Waals surface area contributed by atoms with Gasteiger partial charge < -0.3 is 10.2 Å². The van der Waals surface area contributed by atoms with E-state index in [0.29, 0.717) is 0 Å². The van der Waals surface area contributed by atoms with Gasteiger partial charge in [0.2, 0.25) is 0 Å². The third-order valence-corrected chi connectivity index (χ3v) is 2.59. The number of fused-ring (bicyclic) bond motifs is 1. The van der Waals surface area contributed by atoms with Crippen LogP contribution in [0, 0.1) is 0 Å². The van der Waals surface area contributed by atoms with E-state index in [1.54, 1.807) is 6.26 Å². The Bertz CT molecular complexity index is 458. The molecule has 1 aromatic carbocycles. The summed E-state index contributed by atoms with van der Waals surface area (Å²) in [5.74, 6) is 0. The molecule has 0 aliphatic heterocycles. The minimum atomic E-state index is 0.0339. The summed E-state index contributed by atoms with van der Waals surface area (Å²) in [6.45, 7) is 3.70. The number of rotatable bonds is 4. The van der Waals surface area contributed by atoms with Crippen LogP contribution in [0.1, 0.15) is 24.4 Å². The third kappa shape index (κ3) is 1.95. The summed E-state index contributed by atoms with van der Waals surface area (Å²) in [7, 11) is 0. The van der Waals surface area contributed by atoms with Crippen molar-refractivity contribution >= 4 is 11.0 Å². The zero-order valence-corrected chi connectivity index (χ0v) is 8.65. The predicted molar refractivity (Wildman–Crippen MR) is 62.6 cm³/mol. The fourth-order valence-corrected chi connectivity index (χ4v) is 1.74. The van der Waals surface area contributed by atoms with E-state index in [0.717, 1.165) is 29.4 Å². The summed E-state index contributed by atoms with van der Waals surface area (Å²) in [5.41, 5.74) is 8.08. The first-order valence-electron chi connectivity index (χ1n) is 5.15. The molecule has 1 heterocycles. The van der Waals surface area contributed by atoms with Crippen LogP contribution < -0.4 is 5.73 Å². The lowest BCUT2D eigenvalue weighted by atomic mass is 10.0. The van der Waals surface area contributed by atoms with E-state index in [1.807, 2.05) is 30.3 Å². The number of furan rings is 1. The highest BCUT2D eigenvalue weighted by atomic mass is 16.3. The first-order valence-corrected chi connectivity index (χ1v) is 5.15. The molecule has 0 aliphatic carbocycles. The number of nitrogens with two attached hydrogens (primary N) is 1. The van der Waals surface area contributed by atoms with Crippen molar-refractivity contribution in [2.24, 2.45) is 5.73 Å². The maximum Gasteiger partial charge on any atom is 0.134 e. The second-order valence-electron chi connectivity index (χ2n) is 3.66. The second-order valence-corrected chi connectivity index (χ2v) is 3.66. The summed E-state index contributed by atoms with van der Waals surface area (Å²) in [4.78, 5) is 0. The molecule has 15 heavy (non-hydrogen) atoms. The fraction of sp³-hybridized carbons (Fsp3) is 0.231. The minimum absolute atomic E-state index is 0.0339. The maximum absolute atomic E-state index is 6.08. The first kappa shape index (κ1) is 9.99. The standard InChI is InChI=1S/C13H15NO/c1-2-3-7-12(14)11-9-15-13-8-5-4-6-10(11)13/h2,4-6,8-9,12H,1,3,7,14H2. The SMILES string of the molecule is C=CCCC(N)c1coc2ccccc12. The molecule has 1 atom stereocenters. The lowest BCUT2D eigenvalue weighted by Gasteiger charge is -2.07. The van der Waals surface area contributed by atoms with Crippen LogP contribution >= 0.6 is 0 Å². The van der Waals surface area contributed by atoms with Crippen LogP contribution in [0.5, 0.6) is 0 Å². The Labute approximate surface area is 89.4 Å². The molecule has 1 aromatic heterocycles. The zero-order chi connectivity index (χ0) is 10.7. The smallest absolute Gasteiger partial charge is 0.134 e. The highest BCUT2D eigenvalue weighted by molar-refractivity contribution is 5.81. The molecule has 0 radical (unpaired) electrons. The van der Waals surface area contributed by atoms with Crippen LogP contribution in [-0.4, -0.2) is 0 Å². The third-order valence-electron chi connectivity index (χ3n) is 2.59. The average molecular weight is 201 g/mol. The maximum atomic E-state index is 6.08. The summed E-state index contributed by atoms with van der Waals surface area (Å²) in [6.07, 6.45) is 5.49. The Kier molecular flexibility index (Phi) is 2.88. The molecule has 0 aliphatic rings. The van der Waals surface area contributed by atoms with Crippen LogP contribution in [0.25, 0.3) is 11.0 Å². The molecule has 0 amide bonds. The van der Waals surface area contributed by atoms with Gasteiger partial charge in [-0.05, 0) is 18.9 Å². The molecular weight excluding hydrogens is 186 g/mol. The highest BCUT2D eigenvalue weighted by Gasteiger charge is 2.11. The van der Waals surface area contributed by atoms with Crippen LogP contribution in [0.3, 0.4) is 0 Å². The normalized spacial score (nSPS) is 12.9. The summed E-state index contributed by atoms with van der Waals surface area (Å²) in [5, 5.41) is 1.12.